The van der Waals surface area contributed by atoms with Crippen molar-refractivity contribution in [1.29, 1.82) is 0 Å². The molecule has 2 rings (SSSR count). The lowest BCUT2D eigenvalue weighted by Crippen LogP contribution is -2.26. The zero-order valence-electron chi connectivity index (χ0n) is 7.28. The molecule has 1 N–H and O–H groups in total. The number of Topliss-reactive ketones (excluding diaryl/α,β-unsaturated/α-hetero) is 1. The topological polar surface area (TPSA) is 46.5 Å². The molecule has 0 bridgehead atoms. The Morgan fingerprint density at radius 1 is 1.54 bits per heavy atom. The smallest absolute Gasteiger partial charge is 0.204 e. The van der Waals surface area contributed by atoms with Crippen molar-refractivity contribution < 1.29 is 14.6 Å². The van der Waals surface area contributed by atoms with Crippen molar-refractivity contribution in [3.05, 3.63) is 29.3 Å². The van der Waals surface area contributed by atoms with Crippen molar-refractivity contribution in [2.45, 2.75) is 19.6 Å². The quantitative estimate of drug-likeness (QED) is 0.651. The number of hydrogen-bond donors (Lipinski definition) is 1. The fourth-order valence-electron chi connectivity index (χ4n) is 1.55. The van der Waals surface area contributed by atoms with Crippen LogP contribution in [0.15, 0.2) is 18.2 Å². The minimum absolute atomic E-state index is 0.0492. The Labute approximate surface area is 76.0 Å². The van der Waals surface area contributed by atoms with Gasteiger partial charge in [-0.1, -0.05) is 12.1 Å². The van der Waals surface area contributed by atoms with Gasteiger partial charge in [0.25, 0.3) is 0 Å². The number of ether oxygens (including phenoxy) is 1. The van der Waals surface area contributed by atoms with Crippen molar-refractivity contribution >= 4 is 5.78 Å². The minimum Gasteiger partial charge on any atom is -0.464 e. The molecular weight excluding hydrogens is 168 g/mol. The molecule has 68 valence electrons. The Hall–Kier alpha value is -1.35. The molecule has 0 aromatic heterocycles. The maximum absolute atomic E-state index is 11.5. The van der Waals surface area contributed by atoms with E-state index in [1.54, 1.807) is 12.1 Å². The summed E-state index contributed by atoms with van der Waals surface area (Å²) in [5.41, 5.74) is 1.50. The molecule has 0 saturated heterocycles. The number of carbonyl (C=O) groups excluding carboxylic acids is 1. The van der Waals surface area contributed by atoms with Crippen LogP contribution in [-0.2, 0) is 0 Å². The second kappa shape index (κ2) is 2.85. The molecule has 0 fully saturated rings. The van der Waals surface area contributed by atoms with Gasteiger partial charge in [0.2, 0.25) is 6.29 Å². The molecule has 0 amide bonds. The number of ketones is 1. The third kappa shape index (κ3) is 1.31. The molecule has 13 heavy (non-hydrogen) atoms. The number of rotatable bonds is 0. The first-order valence-electron chi connectivity index (χ1n) is 4.16. The highest BCUT2D eigenvalue weighted by atomic mass is 16.6. The van der Waals surface area contributed by atoms with E-state index < -0.39 is 6.29 Å². The number of aryl methyl sites for hydroxylation is 1. The summed E-state index contributed by atoms with van der Waals surface area (Å²) in [6.45, 7) is 1.86. The van der Waals surface area contributed by atoms with Gasteiger partial charge in [-0.15, -0.1) is 0 Å². The molecule has 1 aliphatic heterocycles. The third-order valence-corrected chi connectivity index (χ3v) is 2.14. The monoisotopic (exact) mass is 178 g/mol. The average molecular weight is 178 g/mol. The summed E-state index contributed by atoms with van der Waals surface area (Å²) in [6.07, 6.45) is -0.931. The maximum Gasteiger partial charge on any atom is 0.204 e. The first-order chi connectivity index (χ1) is 6.18. The molecular formula is C10H10O3. The predicted octanol–water partition coefficient (Wildman–Crippen LogP) is 1.28. The third-order valence-electron chi connectivity index (χ3n) is 2.14. The standard InChI is InChI=1S/C10H10O3/c1-6-3-2-4-8-10(6)7(11)5-9(12)13-8/h2-4,9,12H,5H2,1H3. The van der Waals surface area contributed by atoms with Gasteiger partial charge >= 0.3 is 0 Å². The molecule has 3 heteroatoms. The van der Waals surface area contributed by atoms with Gasteiger partial charge in [-0.2, -0.15) is 0 Å². The first-order valence-corrected chi connectivity index (χ1v) is 4.16. The lowest BCUT2D eigenvalue weighted by molar-refractivity contribution is -0.0246. The van der Waals surface area contributed by atoms with Crippen LogP contribution >= 0.6 is 0 Å². The molecule has 0 saturated carbocycles. The lowest BCUT2D eigenvalue weighted by Gasteiger charge is -2.22. The van der Waals surface area contributed by atoms with Crippen LogP contribution in [0.5, 0.6) is 5.75 Å². The number of hydrogen-bond acceptors (Lipinski definition) is 3. The fraction of sp³-hybridized carbons (Fsp3) is 0.300. The van der Waals surface area contributed by atoms with Crippen molar-refractivity contribution in [1.82, 2.24) is 0 Å². The Morgan fingerprint density at radius 2 is 2.31 bits per heavy atom. The molecule has 3 nitrogen and oxygen atoms in total. The van der Waals surface area contributed by atoms with Crippen LogP contribution in [0.4, 0.5) is 0 Å². The molecule has 0 spiro atoms. The van der Waals surface area contributed by atoms with Crippen LogP contribution in [-0.4, -0.2) is 17.2 Å². The van der Waals surface area contributed by atoms with Crippen LogP contribution in [0, 0.1) is 6.92 Å². The highest BCUT2D eigenvalue weighted by molar-refractivity contribution is 6.01. The van der Waals surface area contributed by atoms with Crippen LogP contribution in [0.2, 0.25) is 0 Å². The van der Waals surface area contributed by atoms with Crippen LogP contribution in [0.1, 0.15) is 22.3 Å². The molecule has 1 unspecified atom stereocenters. The molecule has 1 aromatic carbocycles. The number of fused-ring (bicyclic) bond motifs is 1. The summed E-state index contributed by atoms with van der Waals surface area (Å²) >= 11 is 0. The molecule has 0 aliphatic carbocycles. The van der Waals surface area contributed by atoms with E-state index in [0.717, 1.165) is 5.56 Å². The molecule has 1 aliphatic rings. The number of carbonyl (C=O) groups is 1. The molecule has 0 radical (unpaired) electrons. The van der Waals surface area contributed by atoms with Crippen molar-refractivity contribution in [2.75, 3.05) is 0 Å². The summed E-state index contributed by atoms with van der Waals surface area (Å²) < 4.78 is 5.12. The van der Waals surface area contributed by atoms with E-state index in [1.165, 1.54) is 0 Å². The largest absolute Gasteiger partial charge is 0.464 e. The Kier molecular flexibility index (Phi) is 1.81. The Bertz CT molecular complexity index is 357. The molecule has 1 heterocycles. The fourth-order valence-corrected chi connectivity index (χ4v) is 1.55. The van der Waals surface area contributed by atoms with E-state index in [-0.39, 0.29) is 12.2 Å². The van der Waals surface area contributed by atoms with Gasteiger partial charge in [0.1, 0.15) is 5.75 Å². The summed E-state index contributed by atoms with van der Waals surface area (Å²) in [4.78, 5) is 11.5. The van der Waals surface area contributed by atoms with E-state index in [1.807, 2.05) is 13.0 Å². The van der Waals surface area contributed by atoms with Crippen LogP contribution in [0.3, 0.4) is 0 Å². The van der Waals surface area contributed by atoms with Crippen LogP contribution in [0.25, 0.3) is 0 Å². The molecule has 1 atom stereocenters. The van der Waals surface area contributed by atoms with Gasteiger partial charge < -0.3 is 9.84 Å². The van der Waals surface area contributed by atoms with Crippen molar-refractivity contribution in [2.24, 2.45) is 0 Å². The number of benzene rings is 1. The van der Waals surface area contributed by atoms with Gasteiger partial charge in [-0.25, -0.2) is 0 Å². The van der Waals surface area contributed by atoms with Gasteiger partial charge in [0.05, 0.1) is 12.0 Å². The normalized spacial score (nSPS) is 20.8. The highest BCUT2D eigenvalue weighted by Crippen LogP contribution is 2.28. The van der Waals surface area contributed by atoms with Gasteiger partial charge in [0, 0.05) is 0 Å². The zero-order valence-corrected chi connectivity index (χ0v) is 7.28. The Balaban J connectivity index is 2.55. The molecule has 1 aromatic rings. The minimum atomic E-state index is -0.984. The van der Waals surface area contributed by atoms with Gasteiger partial charge in [0.15, 0.2) is 5.78 Å². The number of aliphatic hydroxyl groups excluding tert-OH is 1. The van der Waals surface area contributed by atoms with E-state index >= 15 is 0 Å². The second-order valence-corrected chi connectivity index (χ2v) is 3.15. The predicted molar refractivity (Wildman–Crippen MR) is 46.8 cm³/mol. The van der Waals surface area contributed by atoms with Gasteiger partial charge in [-0.05, 0) is 18.6 Å². The summed E-state index contributed by atoms with van der Waals surface area (Å²) in [5.74, 6) is 0.440. The van der Waals surface area contributed by atoms with Gasteiger partial charge in [-0.3, -0.25) is 4.79 Å². The van der Waals surface area contributed by atoms with E-state index in [0.29, 0.717) is 11.3 Å². The van der Waals surface area contributed by atoms with Crippen molar-refractivity contribution in [3.8, 4) is 5.75 Å². The van der Waals surface area contributed by atoms with E-state index in [2.05, 4.69) is 0 Å². The summed E-state index contributed by atoms with van der Waals surface area (Å²) in [7, 11) is 0. The highest BCUT2D eigenvalue weighted by Gasteiger charge is 2.25. The summed E-state index contributed by atoms with van der Waals surface area (Å²) in [6, 6.07) is 5.36. The maximum atomic E-state index is 11.5. The van der Waals surface area contributed by atoms with Crippen LogP contribution < -0.4 is 4.74 Å². The Morgan fingerprint density at radius 3 is 3.08 bits per heavy atom. The van der Waals surface area contributed by atoms with E-state index in [9.17, 15) is 9.90 Å². The zero-order chi connectivity index (χ0) is 9.42. The first kappa shape index (κ1) is 8.26. The number of aliphatic hydroxyl groups is 1. The SMILES string of the molecule is Cc1cccc2c1C(=O)CC(O)O2. The summed E-state index contributed by atoms with van der Waals surface area (Å²) in [5, 5.41) is 9.17. The lowest BCUT2D eigenvalue weighted by atomic mass is 9.99. The average Bonchev–Trinajstić information content (AvgIpc) is 2.02. The van der Waals surface area contributed by atoms with Crippen molar-refractivity contribution in [3.63, 3.8) is 0 Å². The second-order valence-electron chi connectivity index (χ2n) is 3.15. The van der Waals surface area contributed by atoms with E-state index in [4.69, 9.17) is 4.74 Å².